The molecular formula is C20H25N3OS. The molecule has 0 unspecified atom stereocenters. The first-order valence-electron chi connectivity index (χ1n) is 9.27. The van der Waals surface area contributed by atoms with E-state index in [2.05, 4.69) is 35.4 Å². The predicted molar refractivity (Wildman–Crippen MR) is 104 cm³/mol. The van der Waals surface area contributed by atoms with Gasteiger partial charge in [0.2, 0.25) is 5.91 Å². The standard InChI is InChI=1S/C20H25N3OS/c1-13-18(22-20(21-2)25-13)16-8-9-17-15(12-16)10-11-23(17)19(24)14-6-4-3-5-7-14/h8-9,12,14H,3-7,10-11H2,1-2H3,(H,21,22). The molecule has 1 N–H and O–H groups in total. The van der Waals surface area contributed by atoms with Crippen LogP contribution in [-0.4, -0.2) is 24.5 Å². The molecule has 0 saturated heterocycles. The highest BCUT2D eigenvalue weighted by Crippen LogP contribution is 2.37. The average molecular weight is 356 g/mol. The molecule has 1 aliphatic carbocycles. The van der Waals surface area contributed by atoms with Crippen molar-refractivity contribution in [3.63, 3.8) is 0 Å². The Morgan fingerprint density at radius 3 is 2.80 bits per heavy atom. The van der Waals surface area contributed by atoms with Gasteiger partial charge >= 0.3 is 0 Å². The van der Waals surface area contributed by atoms with Gasteiger partial charge in [0.25, 0.3) is 0 Å². The SMILES string of the molecule is CNc1nc(-c2ccc3c(c2)CCN3C(=O)C2CCCCC2)c(C)s1. The van der Waals surface area contributed by atoms with E-state index in [0.717, 1.165) is 47.9 Å². The summed E-state index contributed by atoms with van der Waals surface area (Å²) in [7, 11) is 1.90. The summed E-state index contributed by atoms with van der Waals surface area (Å²) >= 11 is 1.68. The number of aryl methyl sites for hydroxylation is 1. The molecule has 1 aliphatic heterocycles. The van der Waals surface area contributed by atoms with Crippen LogP contribution in [0.25, 0.3) is 11.3 Å². The maximum absolute atomic E-state index is 12.9. The summed E-state index contributed by atoms with van der Waals surface area (Å²) in [5.41, 5.74) is 4.59. The number of nitrogens with zero attached hydrogens (tertiary/aromatic N) is 2. The zero-order valence-corrected chi connectivity index (χ0v) is 15.8. The summed E-state index contributed by atoms with van der Waals surface area (Å²) in [6, 6.07) is 6.47. The van der Waals surface area contributed by atoms with E-state index in [1.54, 1.807) is 11.3 Å². The monoisotopic (exact) mass is 355 g/mol. The molecule has 1 fully saturated rings. The highest BCUT2D eigenvalue weighted by Gasteiger charge is 2.31. The quantitative estimate of drug-likeness (QED) is 0.873. The van der Waals surface area contributed by atoms with Crippen molar-refractivity contribution in [3.05, 3.63) is 28.6 Å². The lowest BCUT2D eigenvalue weighted by Crippen LogP contribution is -2.35. The Kier molecular flexibility index (Phi) is 4.50. The maximum atomic E-state index is 12.9. The number of aromatic nitrogens is 1. The first-order chi connectivity index (χ1) is 12.2. The van der Waals surface area contributed by atoms with Gasteiger partial charge in [0.15, 0.2) is 5.13 Å². The van der Waals surface area contributed by atoms with Gasteiger partial charge in [0.05, 0.1) is 5.69 Å². The zero-order valence-electron chi connectivity index (χ0n) is 15.0. The Bertz CT molecular complexity index is 792. The van der Waals surface area contributed by atoms with E-state index < -0.39 is 0 Å². The number of carbonyl (C=O) groups excluding carboxylic acids is 1. The third-order valence-corrected chi connectivity index (χ3v) is 6.47. The molecule has 1 saturated carbocycles. The van der Waals surface area contributed by atoms with Crippen molar-refractivity contribution in [2.75, 3.05) is 23.8 Å². The summed E-state index contributed by atoms with van der Waals surface area (Å²) in [6.07, 6.45) is 6.76. The van der Waals surface area contributed by atoms with Crippen LogP contribution in [0.4, 0.5) is 10.8 Å². The van der Waals surface area contributed by atoms with Crippen molar-refractivity contribution in [2.45, 2.75) is 45.4 Å². The van der Waals surface area contributed by atoms with Crippen LogP contribution in [0.3, 0.4) is 0 Å². The van der Waals surface area contributed by atoms with Crippen molar-refractivity contribution in [2.24, 2.45) is 5.92 Å². The number of nitrogens with one attached hydrogen (secondary N) is 1. The van der Waals surface area contributed by atoms with E-state index in [1.165, 1.54) is 29.7 Å². The van der Waals surface area contributed by atoms with E-state index in [9.17, 15) is 4.79 Å². The van der Waals surface area contributed by atoms with Crippen LogP contribution in [0.2, 0.25) is 0 Å². The van der Waals surface area contributed by atoms with Gasteiger partial charge in [-0.25, -0.2) is 4.98 Å². The zero-order chi connectivity index (χ0) is 17.4. The second kappa shape index (κ2) is 6.79. The molecule has 2 aromatic rings. The number of carbonyl (C=O) groups is 1. The van der Waals surface area contributed by atoms with Gasteiger partial charge in [-0.3, -0.25) is 4.79 Å². The molecule has 0 radical (unpaired) electrons. The molecule has 0 bridgehead atoms. The van der Waals surface area contributed by atoms with E-state index in [0.29, 0.717) is 5.91 Å². The molecule has 0 atom stereocenters. The van der Waals surface area contributed by atoms with E-state index >= 15 is 0 Å². The minimum atomic E-state index is 0.235. The average Bonchev–Trinajstić information content (AvgIpc) is 3.24. The molecule has 5 heteroatoms. The normalized spacial score (nSPS) is 17.6. The predicted octanol–water partition coefficient (Wildman–Crippen LogP) is 4.63. The molecule has 25 heavy (non-hydrogen) atoms. The van der Waals surface area contributed by atoms with Crippen LogP contribution in [0.15, 0.2) is 18.2 Å². The fourth-order valence-electron chi connectivity index (χ4n) is 4.12. The first kappa shape index (κ1) is 16.6. The molecule has 1 amide bonds. The van der Waals surface area contributed by atoms with Gasteiger partial charge in [-0.15, -0.1) is 11.3 Å². The van der Waals surface area contributed by atoms with E-state index in [-0.39, 0.29) is 5.92 Å². The van der Waals surface area contributed by atoms with Crippen LogP contribution in [-0.2, 0) is 11.2 Å². The summed E-state index contributed by atoms with van der Waals surface area (Å²) < 4.78 is 0. The Labute approximate surface area is 153 Å². The maximum Gasteiger partial charge on any atom is 0.230 e. The number of fused-ring (bicyclic) bond motifs is 1. The Morgan fingerprint density at radius 2 is 2.08 bits per heavy atom. The lowest BCUT2D eigenvalue weighted by Gasteiger charge is -2.26. The fourth-order valence-corrected chi connectivity index (χ4v) is 4.91. The molecule has 132 valence electrons. The highest BCUT2D eigenvalue weighted by molar-refractivity contribution is 7.15. The van der Waals surface area contributed by atoms with Crippen molar-refractivity contribution in [1.82, 2.24) is 4.98 Å². The van der Waals surface area contributed by atoms with Gasteiger partial charge in [0.1, 0.15) is 0 Å². The molecule has 4 nitrogen and oxygen atoms in total. The summed E-state index contributed by atoms with van der Waals surface area (Å²) in [5.74, 6) is 0.576. The number of rotatable bonds is 3. The lowest BCUT2D eigenvalue weighted by atomic mass is 9.88. The van der Waals surface area contributed by atoms with Crippen LogP contribution in [0, 0.1) is 12.8 Å². The minimum absolute atomic E-state index is 0.235. The topological polar surface area (TPSA) is 45.2 Å². The van der Waals surface area contributed by atoms with Crippen LogP contribution in [0.5, 0.6) is 0 Å². The third-order valence-electron chi connectivity index (χ3n) is 5.48. The van der Waals surface area contributed by atoms with Gasteiger partial charge in [-0.2, -0.15) is 0 Å². The lowest BCUT2D eigenvalue weighted by molar-refractivity contribution is -0.123. The van der Waals surface area contributed by atoms with Crippen molar-refractivity contribution in [3.8, 4) is 11.3 Å². The molecule has 1 aromatic heterocycles. The molecule has 4 rings (SSSR count). The Hall–Kier alpha value is -1.88. The number of hydrogen-bond acceptors (Lipinski definition) is 4. The van der Waals surface area contributed by atoms with Crippen LogP contribution < -0.4 is 10.2 Å². The Balaban J connectivity index is 1.59. The summed E-state index contributed by atoms with van der Waals surface area (Å²) in [5, 5.41) is 4.07. The van der Waals surface area contributed by atoms with Crippen molar-refractivity contribution < 1.29 is 4.79 Å². The fraction of sp³-hybridized carbons (Fsp3) is 0.500. The minimum Gasteiger partial charge on any atom is -0.365 e. The Morgan fingerprint density at radius 1 is 1.28 bits per heavy atom. The number of thiazole rings is 1. The smallest absolute Gasteiger partial charge is 0.230 e. The number of anilines is 2. The molecular weight excluding hydrogens is 330 g/mol. The second-order valence-electron chi connectivity index (χ2n) is 7.09. The van der Waals surface area contributed by atoms with Gasteiger partial charge < -0.3 is 10.2 Å². The van der Waals surface area contributed by atoms with Gasteiger partial charge in [0, 0.05) is 35.6 Å². The molecule has 1 aromatic carbocycles. The summed E-state index contributed by atoms with van der Waals surface area (Å²) in [6.45, 7) is 2.94. The molecule has 2 heterocycles. The second-order valence-corrected chi connectivity index (χ2v) is 8.30. The number of amides is 1. The van der Waals surface area contributed by atoms with Crippen LogP contribution >= 0.6 is 11.3 Å². The van der Waals surface area contributed by atoms with Crippen molar-refractivity contribution >= 4 is 28.1 Å². The summed E-state index contributed by atoms with van der Waals surface area (Å²) in [4.78, 5) is 20.8. The van der Waals surface area contributed by atoms with Crippen molar-refractivity contribution in [1.29, 1.82) is 0 Å². The number of benzene rings is 1. The first-order valence-corrected chi connectivity index (χ1v) is 10.1. The molecule has 2 aliphatic rings. The van der Waals surface area contributed by atoms with E-state index in [1.807, 2.05) is 11.9 Å². The number of hydrogen-bond donors (Lipinski definition) is 1. The third kappa shape index (κ3) is 3.06. The van der Waals surface area contributed by atoms with Gasteiger partial charge in [-0.1, -0.05) is 25.3 Å². The largest absolute Gasteiger partial charge is 0.365 e. The highest BCUT2D eigenvalue weighted by atomic mass is 32.1. The van der Waals surface area contributed by atoms with Gasteiger partial charge in [-0.05, 0) is 43.9 Å². The van der Waals surface area contributed by atoms with Crippen LogP contribution in [0.1, 0.15) is 42.5 Å². The molecule has 0 spiro atoms. The van der Waals surface area contributed by atoms with E-state index in [4.69, 9.17) is 0 Å².